The fourth-order valence-electron chi connectivity index (χ4n) is 1.98. The lowest BCUT2D eigenvalue weighted by molar-refractivity contribution is -0.138. The van der Waals surface area contributed by atoms with Crippen molar-refractivity contribution in [1.82, 2.24) is 9.80 Å². The van der Waals surface area contributed by atoms with Gasteiger partial charge < -0.3 is 19.3 Å². The number of nitrogens with zero attached hydrogens (tertiary/aromatic N) is 2. The van der Waals surface area contributed by atoms with Crippen molar-refractivity contribution in [2.24, 2.45) is 0 Å². The van der Waals surface area contributed by atoms with Crippen LogP contribution in [0.1, 0.15) is 27.7 Å². The Kier molecular flexibility index (Phi) is 3.47. The van der Waals surface area contributed by atoms with E-state index >= 15 is 0 Å². The molecule has 1 unspecified atom stereocenters. The van der Waals surface area contributed by atoms with Gasteiger partial charge in [0.2, 0.25) is 0 Å². The monoisotopic (exact) mass is 270 g/mol. The summed E-state index contributed by atoms with van der Waals surface area (Å²) in [7, 11) is 0. The molecule has 2 aliphatic rings. The van der Waals surface area contributed by atoms with Crippen molar-refractivity contribution in [3.05, 3.63) is 0 Å². The summed E-state index contributed by atoms with van der Waals surface area (Å²) < 4.78 is 10.5. The smallest absolute Gasteiger partial charge is 0.410 e. The maximum absolute atomic E-state index is 12.1. The molecule has 0 bridgehead atoms. The SMILES string of the molecule is CC(C)(C)OC(=O)N1CCN(C(=O)C2(C)CO2)CC1. The van der Waals surface area contributed by atoms with Gasteiger partial charge in [-0.1, -0.05) is 0 Å². The highest BCUT2D eigenvalue weighted by molar-refractivity contribution is 5.87. The second-order valence-corrected chi connectivity index (χ2v) is 6.28. The van der Waals surface area contributed by atoms with Crippen LogP contribution in [-0.4, -0.2) is 65.8 Å². The first-order valence-corrected chi connectivity index (χ1v) is 6.62. The van der Waals surface area contributed by atoms with E-state index in [1.54, 1.807) is 16.7 Å². The van der Waals surface area contributed by atoms with Crippen molar-refractivity contribution in [3.63, 3.8) is 0 Å². The van der Waals surface area contributed by atoms with Crippen molar-refractivity contribution in [1.29, 1.82) is 0 Å². The normalized spacial score (nSPS) is 27.2. The standard InChI is InChI=1S/C13H22N2O4/c1-12(2,3)19-11(17)15-7-5-14(6-8-15)10(16)13(4)9-18-13/h5-9H2,1-4H3. The van der Waals surface area contributed by atoms with Crippen LogP contribution in [0.4, 0.5) is 4.79 Å². The predicted molar refractivity (Wildman–Crippen MR) is 68.7 cm³/mol. The third-order valence-corrected chi connectivity index (χ3v) is 3.25. The minimum absolute atomic E-state index is 0.0244. The van der Waals surface area contributed by atoms with Gasteiger partial charge in [-0.15, -0.1) is 0 Å². The van der Waals surface area contributed by atoms with E-state index in [1.807, 2.05) is 20.8 Å². The lowest BCUT2D eigenvalue weighted by Crippen LogP contribution is -2.54. The van der Waals surface area contributed by atoms with Gasteiger partial charge in [-0.25, -0.2) is 4.79 Å². The van der Waals surface area contributed by atoms with E-state index in [1.165, 1.54) is 0 Å². The Balaban J connectivity index is 1.82. The second kappa shape index (κ2) is 4.67. The molecule has 0 aromatic rings. The van der Waals surface area contributed by atoms with Crippen LogP contribution >= 0.6 is 0 Å². The molecule has 2 fully saturated rings. The van der Waals surface area contributed by atoms with Crippen LogP contribution in [0.15, 0.2) is 0 Å². The number of hydrogen-bond acceptors (Lipinski definition) is 4. The summed E-state index contributed by atoms with van der Waals surface area (Å²) in [5.41, 5.74) is -1.10. The first kappa shape index (κ1) is 14.1. The zero-order valence-electron chi connectivity index (χ0n) is 12.1. The van der Waals surface area contributed by atoms with E-state index < -0.39 is 11.2 Å². The summed E-state index contributed by atoms with van der Waals surface area (Å²) in [6.45, 7) is 9.93. The lowest BCUT2D eigenvalue weighted by atomic mass is 10.1. The van der Waals surface area contributed by atoms with Gasteiger partial charge >= 0.3 is 6.09 Å². The molecule has 2 saturated heterocycles. The number of carbonyl (C=O) groups is 2. The molecule has 0 aliphatic carbocycles. The zero-order chi connectivity index (χ0) is 14.3. The number of epoxide rings is 1. The molecule has 1 atom stereocenters. The Bertz CT molecular complexity index is 377. The van der Waals surface area contributed by atoms with Gasteiger partial charge in [0, 0.05) is 26.2 Å². The number of rotatable bonds is 1. The molecule has 6 heteroatoms. The Morgan fingerprint density at radius 2 is 1.58 bits per heavy atom. The van der Waals surface area contributed by atoms with E-state index in [0.717, 1.165) is 0 Å². The van der Waals surface area contributed by atoms with Crippen LogP contribution in [0.25, 0.3) is 0 Å². The molecule has 108 valence electrons. The quantitative estimate of drug-likeness (QED) is 0.663. The van der Waals surface area contributed by atoms with Gasteiger partial charge in [0.15, 0.2) is 5.60 Å². The molecule has 0 radical (unpaired) electrons. The van der Waals surface area contributed by atoms with Crippen LogP contribution in [0, 0.1) is 0 Å². The Morgan fingerprint density at radius 1 is 1.11 bits per heavy atom. The number of ether oxygens (including phenoxy) is 2. The molecule has 2 amide bonds. The fraction of sp³-hybridized carbons (Fsp3) is 0.846. The molecule has 0 spiro atoms. The molecule has 6 nitrogen and oxygen atoms in total. The maximum atomic E-state index is 12.1. The third kappa shape index (κ3) is 3.37. The number of amides is 2. The first-order chi connectivity index (χ1) is 8.71. The van der Waals surface area contributed by atoms with Gasteiger partial charge in [0.25, 0.3) is 5.91 Å². The number of carbonyl (C=O) groups excluding carboxylic acids is 2. The van der Waals surface area contributed by atoms with Gasteiger partial charge in [-0.3, -0.25) is 4.79 Å². The molecule has 2 aliphatic heterocycles. The summed E-state index contributed by atoms with van der Waals surface area (Å²) in [5.74, 6) is 0.0244. The molecule has 19 heavy (non-hydrogen) atoms. The minimum Gasteiger partial charge on any atom is -0.444 e. The number of hydrogen-bond donors (Lipinski definition) is 0. The molecule has 0 N–H and O–H groups in total. The summed E-state index contributed by atoms with van der Waals surface area (Å²) in [6.07, 6.45) is -0.312. The largest absolute Gasteiger partial charge is 0.444 e. The average molecular weight is 270 g/mol. The van der Waals surface area contributed by atoms with Crippen LogP contribution < -0.4 is 0 Å². The van der Waals surface area contributed by atoms with Crippen molar-refractivity contribution in [2.45, 2.75) is 38.9 Å². The summed E-state index contributed by atoms with van der Waals surface area (Å²) in [6, 6.07) is 0. The molecule has 2 rings (SSSR count). The van der Waals surface area contributed by atoms with Crippen molar-refractivity contribution in [2.75, 3.05) is 32.8 Å². The van der Waals surface area contributed by atoms with Crippen LogP contribution in [0.2, 0.25) is 0 Å². The highest BCUT2D eigenvalue weighted by atomic mass is 16.6. The van der Waals surface area contributed by atoms with Crippen LogP contribution in [0.5, 0.6) is 0 Å². The molecular weight excluding hydrogens is 248 g/mol. The molecule has 0 aromatic heterocycles. The highest BCUT2D eigenvalue weighted by Gasteiger charge is 2.49. The highest BCUT2D eigenvalue weighted by Crippen LogP contribution is 2.28. The van der Waals surface area contributed by atoms with Crippen molar-refractivity contribution < 1.29 is 19.1 Å². The molecule has 2 heterocycles. The summed E-state index contributed by atoms with van der Waals surface area (Å²) >= 11 is 0. The minimum atomic E-state index is -0.617. The van der Waals surface area contributed by atoms with Gasteiger partial charge in [0.1, 0.15) is 5.60 Å². The summed E-state index contributed by atoms with van der Waals surface area (Å²) in [4.78, 5) is 27.3. The van der Waals surface area contributed by atoms with Crippen LogP contribution in [0.3, 0.4) is 0 Å². The summed E-state index contributed by atoms with van der Waals surface area (Å²) in [5, 5.41) is 0. The topological polar surface area (TPSA) is 62.4 Å². The van der Waals surface area contributed by atoms with E-state index in [0.29, 0.717) is 32.8 Å². The Hall–Kier alpha value is -1.30. The van der Waals surface area contributed by atoms with Gasteiger partial charge in [-0.2, -0.15) is 0 Å². The van der Waals surface area contributed by atoms with Crippen LogP contribution in [-0.2, 0) is 14.3 Å². The maximum Gasteiger partial charge on any atom is 0.410 e. The van der Waals surface area contributed by atoms with Gasteiger partial charge in [0.05, 0.1) is 6.61 Å². The first-order valence-electron chi connectivity index (χ1n) is 6.62. The average Bonchev–Trinajstić information content (AvgIpc) is 3.06. The van der Waals surface area contributed by atoms with Crippen molar-refractivity contribution >= 4 is 12.0 Å². The molecular formula is C13H22N2O4. The van der Waals surface area contributed by atoms with E-state index in [9.17, 15) is 9.59 Å². The fourth-order valence-corrected chi connectivity index (χ4v) is 1.98. The second-order valence-electron chi connectivity index (χ2n) is 6.28. The number of piperazine rings is 1. The Morgan fingerprint density at radius 3 is 2.00 bits per heavy atom. The lowest BCUT2D eigenvalue weighted by Gasteiger charge is -2.36. The zero-order valence-corrected chi connectivity index (χ0v) is 12.1. The van der Waals surface area contributed by atoms with E-state index in [4.69, 9.17) is 9.47 Å². The molecule has 0 aromatic carbocycles. The Labute approximate surface area is 113 Å². The van der Waals surface area contributed by atoms with Gasteiger partial charge in [-0.05, 0) is 27.7 Å². The molecule has 0 saturated carbocycles. The van der Waals surface area contributed by atoms with E-state index in [-0.39, 0.29) is 12.0 Å². The third-order valence-electron chi connectivity index (χ3n) is 3.25. The van der Waals surface area contributed by atoms with Crippen molar-refractivity contribution in [3.8, 4) is 0 Å². The predicted octanol–water partition coefficient (Wildman–Crippen LogP) is 0.855. The van der Waals surface area contributed by atoms with E-state index in [2.05, 4.69) is 0 Å².